The Labute approximate surface area is 184 Å². The smallest absolute Gasteiger partial charge is 0.261 e. The highest BCUT2D eigenvalue weighted by atomic mass is 16.1. The maximum absolute atomic E-state index is 12.5. The maximum atomic E-state index is 12.5. The van der Waals surface area contributed by atoms with E-state index in [1.165, 1.54) is 0 Å². The molecule has 2 aromatic heterocycles. The number of carbonyl (C=O) groups is 1. The molecule has 0 aliphatic carbocycles. The number of para-hydroxylation sites is 2. The molecule has 2 aromatic carbocycles. The van der Waals surface area contributed by atoms with Crippen LogP contribution in [0.2, 0.25) is 0 Å². The molecule has 0 atom stereocenters. The van der Waals surface area contributed by atoms with Crippen molar-refractivity contribution in [2.24, 2.45) is 5.73 Å². The van der Waals surface area contributed by atoms with Gasteiger partial charge < -0.3 is 16.8 Å². The molecule has 0 bridgehead atoms. The predicted molar refractivity (Wildman–Crippen MR) is 127 cm³/mol. The topological polar surface area (TPSA) is 129 Å². The largest absolute Gasteiger partial charge is 0.398 e. The Kier molecular flexibility index (Phi) is 5.94. The third-order valence-corrected chi connectivity index (χ3v) is 5.00. The number of anilines is 2. The predicted octanol–water partition coefficient (Wildman–Crippen LogP) is 2.51. The zero-order valence-corrected chi connectivity index (χ0v) is 17.2. The highest BCUT2D eigenvalue weighted by Gasteiger charge is 2.11. The van der Waals surface area contributed by atoms with E-state index in [2.05, 4.69) is 15.3 Å². The number of amides is 1. The average Bonchev–Trinajstić information content (AvgIpc) is 2.80. The van der Waals surface area contributed by atoms with Gasteiger partial charge >= 0.3 is 0 Å². The second kappa shape index (κ2) is 9.13. The van der Waals surface area contributed by atoms with Gasteiger partial charge in [0.1, 0.15) is 5.82 Å². The molecule has 5 N–H and O–H groups in total. The Morgan fingerprint density at radius 2 is 1.81 bits per heavy atom. The summed E-state index contributed by atoms with van der Waals surface area (Å²) in [5.74, 6) is 0.0725. The van der Waals surface area contributed by atoms with Crippen LogP contribution in [-0.2, 0) is 11.3 Å². The van der Waals surface area contributed by atoms with Crippen LogP contribution in [0, 0.1) is 0 Å². The van der Waals surface area contributed by atoms with Gasteiger partial charge in [-0.05, 0) is 42.0 Å². The van der Waals surface area contributed by atoms with Crippen LogP contribution in [0.25, 0.3) is 22.6 Å². The molecule has 2 heterocycles. The molecule has 0 unspecified atom stereocenters. The molecule has 1 amide bonds. The van der Waals surface area contributed by atoms with Gasteiger partial charge in [-0.2, -0.15) is 0 Å². The summed E-state index contributed by atoms with van der Waals surface area (Å²) in [4.78, 5) is 33.2. The zero-order valence-electron chi connectivity index (χ0n) is 17.2. The lowest BCUT2D eigenvalue weighted by atomic mass is 10.0. The first-order chi connectivity index (χ1) is 15.5. The highest BCUT2D eigenvalue weighted by molar-refractivity contribution is 6.24. The number of nitrogens with one attached hydrogen (secondary N) is 1. The first kappa shape index (κ1) is 20.8. The standard InChI is InChI=1S/C24H22N6O2/c25-20-7-3-1-5-17(20)19(23(26)31)13-16-9-10-22(28-14-16)27-11-12-30-15-29-21-8-4-2-6-18(21)24(30)32/h1-10,13-15H,11-12,25H2,(H2,26,31)(H,27,28). The number of benzene rings is 2. The number of hydrogen-bond acceptors (Lipinski definition) is 6. The SMILES string of the molecule is NC(=O)C(=Cc1ccc(NCCn2cnc3ccccc3c2=O)nc1)c1ccccc1N. The van der Waals surface area contributed by atoms with Gasteiger partial charge in [0, 0.05) is 36.1 Å². The molecule has 32 heavy (non-hydrogen) atoms. The van der Waals surface area contributed by atoms with Gasteiger partial charge in [0.05, 0.1) is 17.2 Å². The minimum atomic E-state index is -0.570. The average molecular weight is 426 g/mol. The van der Waals surface area contributed by atoms with E-state index in [4.69, 9.17) is 11.5 Å². The van der Waals surface area contributed by atoms with Crippen LogP contribution in [0.3, 0.4) is 0 Å². The van der Waals surface area contributed by atoms with E-state index in [0.29, 0.717) is 52.2 Å². The molecule has 8 heteroatoms. The summed E-state index contributed by atoms with van der Waals surface area (Å²) in [5, 5.41) is 3.77. The van der Waals surface area contributed by atoms with Crippen LogP contribution < -0.4 is 22.3 Å². The van der Waals surface area contributed by atoms with Crippen molar-refractivity contribution >= 4 is 40.0 Å². The van der Waals surface area contributed by atoms with Crippen molar-refractivity contribution in [3.05, 3.63) is 94.7 Å². The Hall–Kier alpha value is -4.46. The fourth-order valence-corrected chi connectivity index (χ4v) is 3.36. The number of rotatable bonds is 7. The van der Waals surface area contributed by atoms with Crippen molar-refractivity contribution in [1.29, 1.82) is 0 Å². The molecular weight excluding hydrogens is 404 g/mol. The van der Waals surface area contributed by atoms with Gasteiger partial charge in [-0.15, -0.1) is 0 Å². The monoisotopic (exact) mass is 426 g/mol. The van der Waals surface area contributed by atoms with Gasteiger partial charge in [0.2, 0.25) is 5.91 Å². The summed E-state index contributed by atoms with van der Waals surface area (Å²) in [6, 6.07) is 17.9. The molecular formula is C24H22N6O2. The second-order valence-corrected chi connectivity index (χ2v) is 7.17. The minimum Gasteiger partial charge on any atom is -0.398 e. The molecule has 0 aliphatic heterocycles. The molecule has 0 saturated carbocycles. The van der Waals surface area contributed by atoms with Crippen molar-refractivity contribution in [2.45, 2.75) is 6.54 Å². The summed E-state index contributed by atoms with van der Waals surface area (Å²) < 4.78 is 1.57. The molecule has 0 saturated heterocycles. The van der Waals surface area contributed by atoms with E-state index >= 15 is 0 Å². The lowest BCUT2D eigenvalue weighted by Crippen LogP contribution is -2.24. The van der Waals surface area contributed by atoms with Crippen LogP contribution >= 0.6 is 0 Å². The third-order valence-electron chi connectivity index (χ3n) is 5.00. The molecule has 0 spiro atoms. The molecule has 0 aliphatic rings. The molecule has 4 rings (SSSR count). The number of pyridine rings is 1. The molecule has 160 valence electrons. The van der Waals surface area contributed by atoms with E-state index < -0.39 is 5.91 Å². The van der Waals surface area contributed by atoms with Crippen LogP contribution in [0.15, 0.2) is 78.0 Å². The Morgan fingerprint density at radius 3 is 2.56 bits per heavy atom. The molecule has 4 aromatic rings. The van der Waals surface area contributed by atoms with E-state index in [-0.39, 0.29) is 5.56 Å². The summed E-state index contributed by atoms with van der Waals surface area (Å²) >= 11 is 0. The molecule has 0 fully saturated rings. The lowest BCUT2D eigenvalue weighted by Gasteiger charge is -2.09. The van der Waals surface area contributed by atoms with Gasteiger partial charge in [0.15, 0.2) is 0 Å². The van der Waals surface area contributed by atoms with Gasteiger partial charge in [-0.25, -0.2) is 9.97 Å². The number of nitrogen functional groups attached to an aromatic ring is 1. The van der Waals surface area contributed by atoms with Crippen molar-refractivity contribution in [2.75, 3.05) is 17.6 Å². The summed E-state index contributed by atoms with van der Waals surface area (Å²) in [5.41, 5.74) is 14.2. The Balaban J connectivity index is 1.45. The summed E-state index contributed by atoms with van der Waals surface area (Å²) in [6.07, 6.45) is 4.84. The normalized spacial score (nSPS) is 11.4. The number of primary amides is 1. The zero-order chi connectivity index (χ0) is 22.5. The van der Waals surface area contributed by atoms with Crippen LogP contribution in [-0.4, -0.2) is 27.0 Å². The van der Waals surface area contributed by atoms with Crippen molar-refractivity contribution < 1.29 is 4.79 Å². The summed E-state index contributed by atoms with van der Waals surface area (Å²) in [6.45, 7) is 0.939. The van der Waals surface area contributed by atoms with E-state index in [9.17, 15) is 9.59 Å². The summed E-state index contributed by atoms with van der Waals surface area (Å²) in [7, 11) is 0. The van der Waals surface area contributed by atoms with Gasteiger partial charge in [-0.3, -0.25) is 14.2 Å². The van der Waals surface area contributed by atoms with Crippen molar-refractivity contribution in [1.82, 2.24) is 14.5 Å². The fraction of sp³-hybridized carbons (Fsp3) is 0.0833. The first-order valence-electron chi connectivity index (χ1n) is 10.0. The molecule has 8 nitrogen and oxygen atoms in total. The maximum Gasteiger partial charge on any atom is 0.261 e. The number of nitrogens with two attached hydrogens (primary N) is 2. The quantitative estimate of drug-likeness (QED) is 0.308. The van der Waals surface area contributed by atoms with E-state index in [1.54, 1.807) is 59.6 Å². The first-order valence-corrected chi connectivity index (χ1v) is 10.0. The number of hydrogen-bond donors (Lipinski definition) is 3. The van der Waals surface area contributed by atoms with Gasteiger partial charge in [-0.1, -0.05) is 30.3 Å². The van der Waals surface area contributed by atoms with Crippen LogP contribution in [0.5, 0.6) is 0 Å². The van der Waals surface area contributed by atoms with Crippen molar-refractivity contribution in [3.63, 3.8) is 0 Å². The van der Waals surface area contributed by atoms with Gasteiger partial charge in [0.25, 0.3) is 5.56 Å². The number of carbonyl (C=O) groups excluding carboxylic acids is 1. The third kappa shape index (κ3) is 4.49. The Bertz CT molecular complexity index is 1360. The van der Waals surface area contributed by atoms with E-state index in [0.717, 1.165) is 0 Å². The second-order valence-electron chi connectivity index (χ2n) is 7.17. The Morgan fingerprint density at radius 1 is 1.03 bits per heavy atom. The lowest BCUT2D eigenvalue weighted by molar-refractivity contribution is -0.112. The fourth-order valence-electron chi connectivity index (χ4n) is 3.36. The van der Waals surface area contributed by atoms with Crippen molar-refractivity contribution in [3.8, 4) is 0 Å². The number of aromatic nitrogens is 3. The van der Waals surface area contributed by atoms with Crippen LogP contribution in [0.4, 0.5) is 11.5 Å². The number of nitrogens with zero attached hydrogens (tertiary/aromatic N) is 3. The van der Waals surface area contributed by atoms with E-state index in [1.807, 2.05) is 24.3 Å². The number of fused-ring (bicyclic) bond motifs is 1. The molecule has 0 radical (unpaired) electrons. The highest BCUT2D eigenvalue weighted by Crippen LogP contribution is 2.23. The minimum absolute atomic E-state index is 0.0787. The van der Waals surface area contributed by atoms with Crippen LogP contribution in [0.1, 0.15) is 11.1 Å².